The summed E-state index contributed by atoms with van der Waals surface area (Å²) in [6, 6.07) is 0. The van der Waals surface area contributed by atoms with Crippen LogP contribution >= 0.6 is 0 Å². The average Bonchev–Trinajstić information content (AvgIpc) is 2.29. The van der Waals surface area contributed by atoms with Crippen LogP contribution in [-0.2, 0) is 8.85 Å². The van der Waals surface area contributed by atoms with Gasteiger partial charge in [0.05, 0.1) is 0 Å². The van der Waals surface area contributed by atoms with Gasteiger partial charge in [0.1, 0.15) is 0 Å². The Morgan fingerprint density at radius 3 is 1.56 bits per heavy atom. The van der Waals surface area contributed by atoms with Gasteiger partial charge in [-0.1, -0.05) is 19.3 Å². The summed E-state index contributed by atoms with van der Waals surface area (Å²) in [5.74, 6) is 0. The van der Waals surface area contributed by atoms with Gasteiger partial charge in [0.25, 0.3) is 0 Å². The first kappa shape index (κ1) is 16.4. The molecular weight excluding hydrogens is 256 g/mol. The van der Waals surface area contributed by atoms with Crippen molar-refractivity contribution in [2.45, 2.75) is 76.8 Å². The Labute approximate surface area is 116 Å². The lowest BCUT2D eigenvalue weighted by atomic mass is 9.99. The normalized spacial score (nSPS) is 26.3. The zero-order chi connectivity index (χ0) is 13.8. The van der Waals surface area contributed by atoms with Crippen LogP contribution in [0.3, 0.4) is 0 Å². The van der Waals surface area contributed by atoms with Gasteiger partial charge in [-0.05, 0) is 57.5 Å². The molecule has 0 aromatic heterocycles. The van der Waals surface area contributed by atoms with Crippen LogP contribution in [-0.4, -0.2) is 29.8 Å². The van der Waals surface area contributed by atoms with Crippen LogP contribution in [0.15, 0.2) is 0 Å². The second-order valence-corrected chi connectivity index (χ2v) is 15.3. The molecule has 0 heterocycles. The van der Waals surface area contributed by atoms with Gasteiger partial charge in [-0.2, -0.15) is 0 Å². The number of hydrogen-bond acceptors (Lipinski definition) is 2. The molecule has 0 spiro atoms. The molecule has 4 heteroatoms. The number of hydrogen-bond donors (Lipinski definition) is 0. The highest BCUT2D eigenvalue weighted by Gasteiger charge is 2.42. The monoisotopic (exact) mass is 288 g/mol. The standard InChI is InChI=1S/C14H32O2Si2/c1-7-15-17(3,4)13-10-9-11-14(12-13)18(5,6)16-8-2/h13-14H,7-12H2,1-6H3. The lowest BCUT2D eigenvalue weighted by molar-refractivity contribution is 0.287. The summed E-state index contributed by atoms with van der Waals surface area (Å²) in [5.41, 5.74) is 1.67. The maximum absolute atomic E-state index is 6.10. The van der Waals surface area contributed by atoms with Crippen LogP contribution in [0.2, 0.25) is 37.3 Å². The smallest absolute Gasteiger partial charge is 0.189 e. The first-order valence-corrected chi connectivity index (χ1v) is 13.6. The highest BCUT2D eigenvalue weighted by Crippen LogP contribution is 2.47. The van der Waals surface area contributed by atoms with Crippen molar-refractivity contribution in [3.63, 3.8) is 0 Å². The SMILES string of the molecule is CCO[Si](C)(C)C1CCCC([Si](C)(C)OCC)C1. The van der Waals surface area contributed by atoms with E-state index in [9.17, 15) is 0 Å². The Morgan fingerprint density at radius 1 is 0.833 bits per heavy atom. The predicted octanol–water partition coefficient (Wildman–Crippen LogP) is 4.78. The average molecular weight is 289 g/mol. The van der Waals surface area contributed by atoms with Crippen LogP contribution in [0.5, 0.6) is 0 Å². The van der Waals surface area contributed by atoms with E-state index >= 15 is 0 Å². The third-order valence-corrected chi connectivity index (χ3v) is 11.7. The summed E-state index contributed by atoms with van der Waals surface area (Å²) in [4.78, 5) is 0. The van der Waals surface area contributed by atoms with Gasteiger partial charge in [-0.3, -0.25) is 0 Å². The summed E-state index contributed by atoms with van der Waals surface area (Å²) >= 11 is 0. The molecule has 0 aromatic rings. The van der Waals surface area contributed by atoms with Crippen LogP contribution in [0.25, 0.3) is 0 Å². The van der Waals surface area contributed by atoms with E-state index in [1.54, 1.807) is 0 Å². The molecule has 2 atom stereocenters. The van der Waals surface area contributed by atoms with E-state index in [0.29, 0.717) is 0 Å². The molecule has 0 saturated heterocycles. The van der Waals surface area contributed by atoms with E-state index in [1.165, 1.54) is 25.7 Å². The van der Waals surface area contributed by atoms with E-state index in [0.717, 1.165) is 24.3 Å². The van der Waals surface area contributed by atoms with Crippen molar-refractivity contribution in [1.82, 2.24) is 0 Å². The van der Waals surface area contributed by atoms with Crippen LogP contribution in [0, 0.1) is 0 Å². The molecule has 1 aliphatic carbocycles. The zero-order valence-electron chi connectivity index (χ0n) is 13.2. The van der Waals surface area contributed by atoms with Gasteiger partial charge in [-0.15, -0.1) is 0 Å². The first-order valence-electron chi connectivity index (χ1n) is 7.61. The minimum absolute atomic E-state index is 0.837. The predicted molar refractivity (Wildman–Crippen MR) is 84.2 cm³/mol. The lowest BCUT2D eigenvalue weighted by Gasteiger charge is -2.42. The molecule has 0 aliphatic heterocycles. The molecule has 0 bridgehead atoms. The first-order chi connectivity index (χ1) is 8.33. The summed E-state index contributed by atoms with van der Waals surface area (Å²) < 4.78 is 12.2. The summed E-state index contributed by atoms with van der Waals surface area (Å²) in [6.45, 7) is 15.6. The molecule has 108 valence electrons. The highest BCUT2D eigenvalue weighted by molar-refractivity contribution is 6.74. The maximum atomic E-state index is 6.10. The van der Waals surface area contributed by atoms with Crippen LogP contribution in [0.1, 0.15) is 39.5 Å². The molecule has 2 unspecified atom stereocenters. The van der Waals surface area contributed by atoms with Crippen molar-refractivity contribution >= 4 is 16.6 Å². The van der Waals surface area contributed by atoms with Gasteiger partial charge < -0.3 is 8.85 Å². The third kappa shape index (κ3) is 4.18. The van der Waals surface area contributed by atoms with Crippen molar-refractivity contribution in [3.05, 3.63) is 0 Å². The summed E-state index contributed by atoms with van der Waals surface area (Å²) in [5, 5.41) is 0. The largest absolute Gasteiger partial charge is 0.417 e. The second kappa shape index (κ2) is 6.68. The van der Waals surface area contributed by atoms with Crippen LogP contribution in [0.4, 0.5) is 0 Å². The van der Waals surface area contributed by atoms with E-state index in [2.05, 4.69) is 40.0 Å². The second-order valence-electron chi connectivity index (χ2n) is 6.63. The van der Waals surface area contributed by atoms with Gasteiger partial charge in [0.15, 0.2) is 16.6 Å². The quantitative estimate of drug-likeness (QED) is 0.655. The van der Waals surface area contributed by atoms with Gasteiger partial charge >= 0.3 is 0 Å². The van der Waals surface area contributed by atoms with E-state index in [4.69, 9.17) is 8.85 Å². The minimum atomic E-state index is -1.48. The Morgan fingerprint density at radius 2 is 1.22 bits per heavy atom. The Bertz CT molecular complexity index is 230. The fourth-order valence-electron chi connectivity index (χ4n) is 3.43. The fourth-order valence-corrected chi connectivity index (χ4v) is 9.13. The van der Waals surface area contributed by atoms with Gasteiger partial charge in [0, 0.05) is 13.2 Å². The molecule has 18 heavy (non-hydrogen) atoms. The molecule has 0 amide bonds. The van der Waals surface area contributed by atoms with Crippen molar-refractivity contribution in [1.29, 1.82) is 0 Å². The third-order valence-electron chi connectivity index (χ3n) is 4.67. The molecule has 2 nitrogen and oxygen atoms in total. The molecule has 1 saturated carbocycles. The van der Waals surface area contributed by atoms with Gasteiger partial charge in [0.2, 0.25) is 0 Å². The molecule has 1 rings (SSSR count). The summed E-state index contributed by atoms with van der Waals surface area (Å²) in [6.07, 6.45) is 5.50. The summed E-state index contributed by atoms with van der Waals surface area (Å²) in [7, 11) is -2.96. The van der Waals surface area contributed by atoms with Crippen molar-refractivity contribution in [2.75, 3.05) is 13.2 Å². The molecule has 0 aromatic carbocycles. The Kier molecular flexibility index (Phi) is 6.09. The Balaban J connectivity index is 2.66. The van der Waals surface area contributed by atoms with Crippen molar-refractivity contribution in [3.8, 4) is 0 Å². The molecule has 1 aliphatic rings. The zero-order valence-corrected chi connectivity index (χ0v) is 15.2. The number of rotatable bonds is 6. The minimum Gasteiger partial charge on any atom is -0.417 e. The fraction of sp³-hybridized carbons (Fsp3) is 1.00. The van der Waals surface area contributed by atoms with Crippen LogP contribution < -0.4 is 0 Å². The molecule has 0 radical (unpaired) electrons. The molecule has 1 fully saturated rings. The maximum Gasteiger partial charge on any atom is 0.189 e. The van der Waals surface area contributed by atoms with E-state index in [1.807, 2.05) is 0 Å². The highest BCUT2D eigenvalue weighted by atomic mass is 28.4. The van der Waals surface area contributed by atoms with E-state index < -0.39 is 16.6 Å². The van der Waals surface area contributed by atoms with Gasteiger partial charge in [-0.25, -0.2) is 0 Å². The van der Waals surface area contributed by atoms with Crippen molar-refractivity contribution in [2.24, 2.45) is 0 Å². The van der Waals surface area contributed by atoms with E-state index in [-0.39, 0.29) is 0 Å². The lowest BCUT2D eigenvalue weighted by Crippen LogP contribution is -2.44. The molecular formula is C14H32O2Si2. The topological polar surface area (TPSA) is 18.5 Å². The van der Waals surface area contributed by atoms with Crippen molar-refractivity contribution < 1.29 is 8.85 Å². The molecule has 0 N–H and O–H groups in total. The Hall–Kier alpha value is 0.354.